The number of carbonyl (C=O) groups is 2. The summed E-state index contributed by atoms with van der Waals surface area (Å²) in [4.78, 5) is 26.9. The van der Waals surface area contributed by atoms with Crippen LogP contribution in [0.5, 0.6) is 0 Å². The van der Waals surface area contributed by atoms with Gasteiger partial charge in [0.05, 0.1) is 18.8 Å². The molecule has 164 valence electrons. The van der Waals surface area contributed by atoms with Crippen molar-refractivity contribution >= 4 is 29.1 Å². The molecule has 1 aliphatic heterocycles. The van der Waals surface area contributed by atoms with Crippen LogP contribution in [0.25, 0.3) is 0 Å². The number of nitrogens with one attached hydrogen (secondary N) is 1. The van der Waals surface area contributed by atoms with Crippen LogP contribution in [0.15, 0.2) is 54.7 Å². The first-order valence-electron chi connectivity index (χ1n) is 11.1. The summed E-state index contributed by atoms with van der Waals surface area (Å²) in [5.74, 6) is -0.00520. The fraction of sp³-hybridized carbons (Fsp3) is 0.320. The molecular weight excluding hydrogens is 424 g/mol. The Morgan fingerprint density at radius 2 is 1.97 bits per heavy atom. The predicted molar refractivity (Wildman–Crippen MR) is 124 cm³/mol. The quantitative estimate of drug-likeness (QED) is 0.624. The van der Waals surface area contributed by atoms with Gasteiger partial charge in [-0.05, 0) is 61.6 Å². The van der Waals surface area contributed by atoms with Crippen LogP contribution in [0.2, 0.25) is 5.02 Å². The van der Waals surface area contributed by atoms with Crippen molar-refractivity contribution in [1.29, 1.82) is 0 Å². The number of aromatic nitrogens is 2. The lowest BCUT2D eigenvalue weighted by Crippen LogP contribution is -2.31. The first-order chi connectivity index (χ1) is 15.6. The summed E-state index contributed by atoms with van der Waals surface area (Å²) in [7, 11) is 0. The van der Waals surface area contributed by atoms with Crippen molar-refractivity contribution in [3.05, 3.63) is 82.1 Å². The second-order valence-electron chi connectivity index (χ2n) is 8.45. The molecule has 2 amide bonds. The number of nitrogens with zero attached hydrogens (tertiary/aromatic N) is 3. The van der Waals surface area contributed by atoms with Gasteiger partial charge in [0.15, 0.2) is 0 Å². The summed E-state index contributed by atoms with van der Waals surface area (Å²) in [6, 6.07) is 15.1. The molecule has 2 aromatic carbocycles. The van der Waals surface area contributed by atoms with Gasteiger partial charge in [-0.25, -0.2) is 0 Å². The van der Waals surface area contributed by atoms with E-state index in [9.17, 15) is 9.59 Å². The number of fused-ring (bicyclic) bond motifs is 1. The van der Waals surface area contributed by atoms with Gasteiger partial charge in [0, 0.05) is 40.5 Å². The lowest BCUT2D eigenvalue weighted by atomic mass is 9.92. The third-order valence-electron chi connectivity index (χ3n) is 6.31. The molecule has 6 nitrogen and oxygen atoms in total. The highest BCUT2D eigenvalue weighted by Crippen LogP contribution is 2.31. The summed E-state index contributed by atoms with van der Waals surface area (Å²) in [5, 5.41) is 8.52. The molecule has 1 atom stereocenters. The van der Waals surface area contributed by atoms with Crippen molar-refractivity contribution in [3.8, 4) is 0 Å². The van der Waals surface area contributed by atoms with Crippen LogP contribution >= 0.6 is 11.6 Å². The molecule has 0 radical (unpaired) electrons. The molecule has 0 spiro atoms. The SMILES string of the molecule is O=C(N[C@@H]1CCCc2c1cnn2Cc1ccc(Cl)cc1)c1cccc(N2CCCC2=O)c1. The van der Waals surface area contributed by atoms with E-state index >= 15 is 0 Å². The van der Waals surface area contributed by atoms with E-state index in [1.807, 2.05) is 53.3 Å². The minimum atomic E-state index is -0.123. The zero-order valence-corrected chi connectivity index (χ0v) is 18.5. The predicted octanol–water partition coefficient (Wildman–Crippen LogP) is 4.52. The molecule has 2 aliphatic rings. The molecule has 0 bridgehead atoms. The van der Waals surface area contributed by atoms with E-state index in [1.54, 1.807) is 11.0 Å². The number of rotatable bonds is 5. The average molecular weight is 449 g/mol. The lowest BCUT2D eigenvalue weighted by molar-refractivity contribution is -0.117. The molecule has 0 saturated carbocycles. The molecule has 7 heteroatoms. The van der Waals surface area contributed by atoms with Gasteiger partial charge in [-0.1, -0.05) is 29.8 Å². The maximum atomic E-state index is 13.0. The number of hydrogen-bond donors (Lipinski definition) is 1. The summed E-state index contributed by atoms with van der Waals surface area (Å²) >= 11 is 6.00. The van der Waals surface area contributed by atoms with Crippen molar-refractivity contribution < 1.29 is 9.59 Å². The van der Waals surface area contributed by atoms with Gasteiger partial charge in [-0.15, -0.1) is 0 Å². The van der Waals surface area contributed by atoms with Crippen molar-refractivity contribution in [2.75, 3.05) is 11.4 Å². The molecule has 32 heavy (non-hydrogen) atoms. The molecule has 1 aromatic heterocycles. The highest BCUT2D eigenvalue weighted by molar-refractivity contribution is 6.30. The Labute approximate surface area is 192 Å². The van der Waals surface area contributed by atoms with E-state index in [2.05, 4.69) is 10.4 Å². The highest BCUT2D eigenvalue weighted by atomic mass is 35.5. The van der Waals surface area contributed by atoms with Crippen LogP contribution in [-0.2, 0) is 17.8 Å². The average Bonchev–Trinajstić information content (AvgIpc) is 3.42. The molecule has 5 rings (SSSR count). The van der Waals surface area contributed by atoms with E-state index in [0.29, 0.717) is 25.1 Å². The number of amides is 2. The second kappa shape index (κ2) is 8.79. The number of anilines is 1. The Bertz CT molecular complexity index is 1160. The zero-order valence-electron chi connectivity index (χ0n) is 17.8. The van der Waals surface area contributed by atoms with Crippen LogP contribution < -0.4 is 10.2 Å². The molecular formula is C25H25ClN4O2. The molecule has 1 aliphatic carbocycles. The van der Waals surface area contributed by atoms with Gasteiger partial charge in [0.1, 0.15) is 0 Å². The lowest BCUT2D eigenvalue weighted by Gasteiger charge is -2.24. The monoisotopic (exact) mass is 448 g/mol. The summed E-state index contributed by atoms with van der Waals surface area (Å²) in [6.45, 7) is 1.39. The maximum Gasteiger partial charge on any atom is 0.251 e. The van der Waals surface area contributed by atoms with Gasteiger partial charge >= 0.3 is 0 Å². The fourth-order valence-corrected chi connectivity index (χ4v) is 4.77. The minimum absolute atomic E-state index is 0.0673. The Kier molecular flexibility index (Phi) is 5.70. The van der Waals surface area contributed by atoms with Crippen LogP contribution in [0.4, 0.5) is 5.69 Å². The fourth-order valence-electron chi connectivity index (χ4n) is 4.65. The van der Waals surface area contributed by atoms with Gasteiger partial charge in [-0.3, -0.25) is 14.3 Å². The van der Waals surface area contributed by atoms with E-state index < -0.39 is 0 Å². The molecule has 1 saturated heterocycles. The molecule has 1 N–H and O–H groups in total. The van der Waals surface area contributed by atoms with Crippen molar-refractivity contribution in [1.82, 2.24) is 15.1 Å². The third kappa shape index (κ3) is 4.15. The van der Waals surface area contributed by atoms with Crippen LogP contribution in [-0.4, -0.2) is 28.1 Å². The van der Waals surface area contributed by atoms with E-state index in [4.69, 9.17) is 11.6 Å². The van der Waals surface area contributed by atoms with Crippen LogP contribution in [0.1, 0.15) is 58.9 Å². The molecule has 0 unspecified atom stereocenters. The van der Waals surface area contributed by atoms with Crippen LogP contribution in [0.3, 0.4) is 0 Å². The van der Waals surface area contributed by atoms with Crippen molar-refractivity contribution in [2.45, 2.75) is 44.7 Å². The van der Waals surface area contributed by atoms with Gasteiger partial charge in [0.2, 0.25) is 5.91 Å². The first-order valence-corrected chi connectivity index (χ1v) is 11.5. The van der Waals surface area contributed by atoms with E-state index in [-0.39, 0.29) is 17.9 Å². The maximum absolute atomic E-state index is 13.0. The largest absolute Gasteiger partial charge is 0.345 e. The smallest absolute Gasteiger partial charge is 0.251 e. The highest BCUT2D eigenvalue weighted by Gasteiger charge is 2.27. The first kappa shape index (κ1) is 20.8. The standard InChI is InChI=1S/C25H25ClN4O2/c26-19-11-9-17(10-12-19)16-30-23-7-2-6-22(21(23)15-27-30)28-25(32)18-4-1-5-20(14-18)29-13-3-8-24(29)31/h1,4-5,9-12,14-15,22H,2-3,6-8,13,16H2,(H,28,32)/t22-/m1/s1. The van der Waals surface area contributed by atoms with E-state index in [0.717, 1.165) is 47.5 Å². The Balaban J connectivity index is 1.32. The van der Waals surface area contributed by atoms with Crippen molar-refractivity contribution in [3.63, 3.8) is 0 Å². The number of carbonyl (C=O) groups excluding carboxylic acids is 2. The summed E-state index contributed by atoms with van der Waals surface area (Å²) < 4.78 is 2.02. The number of benzene rings is 2. The minimum Gasteiger partial charge on any atom is -0.345 e. The Hall–Kier alpha value is -3.12. The molecule has 1 fully saturated rings. The second-order valence-corrected chi connectivity index (χ2v) is 8.88. The van der Waals surface area contributed by atoms with E-state index in [1.165, 1.54) is 5.69 Å². The summed E-state index contributed by atoms with van der Waals surface area (Å²) in [6.07, 6.45) is 6.14. The number of hydrogen-bond acceptors (Lipinski definition) is 3. The molecule has 2 heterocycles. The topological polar surface area (TPSA) is 67.2 Å². The van der Waals surface area contributed by atoms with Crippen LogP contribution in [0, 0.1) is 0 Å². The molecule has 3 aromatic rings. The van der Waals surface area contributed by atoms with Gasteiger partial charge < -0.3 is 10.2 Å². The Morgan fingerprint density at radius 1 is 1.12 bits per heavy atom. The third-order valence-corrected chi connectivity index (χ3v) is 6.56. The van der Waals surface area contributed by atoms with Crippen molar-refractivity contribution in [2.24, 2.45) is 0 Å². The summed E-state index contributed by atoms with van der Waals surface area (Å²) in [5.41, 5.74) is 4.76. The zero-order chi connectivity index (χ0) is 22.1. The normalized spacial score (nSPS) is 18.0. The van der Waals surface area contributed by atoms with Gasteiger partial charge in [-0.2, -0.15) is 5.10 Å². The Morgan fingerprint density at radius 3 is 2.75 bits per heavy atom. The van der Waals surface area contributed by atoms with Gasteiger partial charge in [0.25, 0.3) is 5.91 Å². The number of halogens is 1.